The molecule has 8 nitrogen and oxygen atoms in total. The number of piperidine rings is 1. The first-order chi connectivity index (χ1) is 12.5. The second kappa shape index (κ2) is 8.27. The molecule has 140 valence electrons. The Morgan fingerprint density at radius 1 is 1.42 bits per heavy atom. The van der Waals surface area contributed by atoms with E-state index in [-0.39, 0.29) is 18.1 Å². The summed E-state index contributed by atoms with van der Waals surface area (Å²) in [6, 6.07) is 3.85. The van der Waals surface area contributed by atoms with Crippen LogP contribution < -0.4 is 16.3 Å². The normalized spacial score (nSPS) is 17.2. The van der Waals surface area contributed by atoms with Gasteiger partial charge in [-0.3, -0.25) is 14.0 Å². The van der Waals surface area contributed by atoms with Crippen molar-refractivity contribution in [2.24, 2.45) is 0 Å². The van der Waals surface area contributed by atoms with Gasteiger partial charge in [-0.15, -0.1) is 0 Å². The molecule has 1 saturated heterocycles. The molecule has 0 aliphatic carbocycles. The molecule has 1 aliphatic rings. The number of aryl methyl sites for hydroxylation is 2. The van der Waals surface area contributed by atoms with Crippen molar-refractivity contribution in [3.05, 3.63) is 45.9 Å². The molecule has 0 unspecified atom stereocenters. The van der Waals surface area contributed by atoms with E-state index in [0.29, 0.717) is 24.7 Å². The highest BCUT2D eigenvalue weighted by atomic mass is 16.2. The highest BCUT2D eigenvalue weighted by molar-refractivity contribution is 5.75. The van der Waals surface area contributed by atoms with E-state index in [2.05, 4.69) is 20.7 Å². The molecule has 0 bridgehead atoms. The van der Waals surface area contributed by atoms with Gasteiger partial charge in [-0.05, 0) is 45.4 Å². The summed E-state index contributed by atoms with van der Waals surface area (Å²) in [7, 11) is 0. The van der Waals surface area contributed by atoms with Crippen LogP contribution in [0.15, 0.2) is 23.1 Å². The predicted molar refractivity (Wildman–Crippen MR) is 98.1 cm³/mol. The first-order valence-electron chi connectivity index (χ1n) is 9.09. The minimum absolute atomic E-state index is 0.107. The zero-order chi connectivity index (χ0) is 18.5. The van der Waals surface area contributed by atoms with E-state index >= 15 is 0 Å². The third-order valence-electron chi connectivity index (χ3n) is 4.76. The lowest BCUT2D eigenvalue weighted by Crippen LogP contribution is -2.35. The van der Waals surface area contributed by atoms with Crippen LogP contribution in [0.25, 0.3) is 0 Å². The molecule has 2 N–H and O–H groups in total. The molecule has 2 aromatic rings. The first kappa shape index (κ1) is 18.3. The SMILES string of the molecule is Cc1cc(C)n(CCNC(=O)Cn2nccc2[C@@H]2CCCNC2)c(=O)n1. The van der Waals surface area contributed by atoms with Gasteiger partial charge in [-0.25, -0.2) is 4.79 Å². The third kappa shape index (κ3) is 4.37. The van der Waals surface area contributed by atoms with Gasteiger partial charge >= 0.3 is 5.69 Å². The van der Waals surface area contributed by atoms with Crippen LogP contribution in [0.5, 0.6) is 0 Å². The van der Waals surface area contributed by atoms with Gasteiger partial charge in [-0.2, -0.15) is 10.1 Å². The van der Waals surface area contributed by atoms with E-state index in [4.69, 9.17) is 0 Å². The molecule has 8 heteroatoms. The Bertz CT molecular complexity index is 819. The van der Waals surface area contributed by atoms with Crippen LogP contribution in [0.2, 0.25) is 0 Å². The minimum atomic E-state index is -0.282. The van der Waals surface area contributed by atoms with Crippen molar-refractivity contribution in [3.63, 3.8) is 0 Å². The average molecular weight is 358 g/mol. The second-order valence-electron chi connectivity index (χ2n) is 6.78. The molecule has 0 saturated carbocycles. The highest BCUT2D eigenvalue weighted by Crippen LogP contribution is 2.22. The molecule has 1 fully saturated rings. The number of rotatable bonds is 6. The maximum absolute atomic E-state index is 12.3. The van der Waals surface area contributed by atoms with Gasteiger partial charge in [0.2, 0.25) is 5.91 Å². The lowest BCUT2D eigenvalue weighted by Gasteiger charge is -2.23. The van der Waals surface area contributed by atoms with Crippen molar-refractivity contribution in [2.75, 3.05) is 19.6 Å². The molecule has 1 atom stereocenters. The minimum Gasteiger partial charge on any atom is -0.353 e. The monoisotopic (exact) mass is 358 g/mol. The van der Waals surface area contributed by atoms with Crippen molar-refractivity contribution < 1.29 is 4.79 Å². The van der Waals surface area contributed by atoms with Crippen molar-refractivity contribution in [1.29, 1.82) is 0 Å². The van der Waals surface area contributed by atoms with Crippen LogP contribution in [0.3, 0.4) is 0 Å². The largest absolute Gasteiger partial charge is 0.353 e. The number of amides is 1. The van der Waals surface area contributed by atoms with Crippen LogP contribution in [0, 0.1) is 13.8 Å². The molecule has 3 heterocycles. The van der Waals surface area contributed by atoms with E-state index in [1.54, 1.807) is 22.4 Å². The lowest BCUT2D eigenvalue weighted by atomic mass is 9.96. The predicted octanol–water partition coefficient (Wildman–Crippen LogP) is 0.340. The fraction of sp³-hybridized carbons (Fsp3) is 0.556. The summed E-state index contributed by atoms with van der Waals surface area (Å²) in [6.45, 7) is 6.62. The summed E-state index contributed by atoms with van der Waals surface area (Å²) in [5.74, 6) is 0.295. The molecule has 26 heavy (non-hydrogen) atoms. The number of hydrogen-bond acceptors (Lipinski definition) is 5. The number of nitrogens with zero attached hydrogens (tertiary/aromatic N) is 4. The number of carbonyl (C=O) groups excluding carboxylic acids is 1. The summed E-state index contributed by atoms with van der Waals surface area (Å²) < 4.78 is 3.35. The topological polar surface area (TPSA) is 93.8 Å². The Morgan fingerprint density at radius 2 is 2.27 bits per heavy atom. The third-order valence-corrected chi connectivity index (χ3v) is 4.76. The Balaban J connectivity index is 1.54. The quantitative estimate of drug-likeness (QED) is 0.777. The molecular weight excluding hydrogens is 332 g/mol. The fourth-order valence-electron chi connectivity index (χ4n) is 3.47. The number of carbonyl (C=O) groups is 1. The number of aromatic nitrogens is 4. The standard InChI is InChI=1S/C18H26N6O2/c1-13-10-14(2)23(18(26)22-13)9-8-20-17(25)12-24-16(5-7-21-24)15-4-3-6-19-11-15/h5,7,10,15,19H,3-4,6,8-9,11-12H2,1-2H3,(H,20,25)/t15-/m1/s1. The molecule has 1 amide bonds. The van der Waals surface area contributed by atoms with Crippen molar-refractivity contribution in [1.82, 2.24) is 30.0 Å². The van der Waals surface area contributed by atoms with Crippen LogP contribution in [0.1, 0.15) is 35.8 Å². The maximum Gasteiger partial charge on any atom is 0.348 e. The molecule has 3 rings (SSSR count). The van der Waals surface area contributed by atoms with Crippen LogP contribution >= 0.6 is 0 Å². The summed E-state index contributed by atoms with van der Waals surface area (Å²) in [5, 5.41) is 10.6. The number of nitrogens with one attached hydrogen (secondary N) is 2. The molecule has 0 spiro atoms. The van der Waals surface area contributed by atoms with E-state index in [1.165, 1.54) is 0 Å². The van der Waals surface area contributed by atoms with E-state index in [9.17, 15) is 9.59 Å². The lowest BCUT2D eigenvalue weighted by molar-refractivity contribution is -0.121. The molecule has 0 radical (unpaired) electrons. The summed E-state index contributed by atoms with van der Waals surface area (Å²) in [4.78, 5) is 28.1. The Labute approximate surface area is 152 Å². The Hall–Kier alpha value is -2.48. The van der Waals surface area contributed by atoms with Crippen LogP contribution in [0.4, 0.5) is 0 Å². The molecule has 0 aromatic carbocycles. The summed E-state index contributed by atoms with van der Waals surface area (Å²) >= 11 is 0. The Morgan fingerprint density at radius 3 is 3.00 bits per heavy atom. The first-order valence-corrected chi connectivity index (χ1v) is 9.09. The van der Waals surface area contributed by atoms with Crippen molar-refractivity contribution in [2.45, 2.75) is 45.7 Å². The fourth-order valence-corrected chi connectivity index (χ4v) is 3.47. The zero-order valence-corrected chi connectivity index (χ0v) is 15.4. The van der Waals surface area contributed by atoms with Gasteiger partial charge in [-0.1, -0.05) is 0 Å². The van der Waals surface area contributed by atoms with E-state index in [1.807, 2.05) is 19.1 Å². The van der Waals surface area contributed by atoms with Crippen LogP contribution in [-0.4, -0.2) is 44.9 Å². The van der Waals surface area contributed by atoms with Gasteiger partial charge in [0.1, 0.15) is 6.54 Å². The zero-order valence-electron chi connectivity index (χ0n) is 15.4. The van der Waals surface area contributed by atoms with Crippen molar-refractivity contribution >= 4 is 5.91 Å². The second-order valence-corrected chi connectivity index (χ2v) is 6.78. The van der Waals surface area contributed by atoms with Gasteiger partial charge < -0.3 is 10.6 Å². The van der Waals surface area contributed by atoms with E-state index in [0.717, 1.165) is 37.3 Å². The molecule has 2 aromatic heterocycles. The van der Waals surface area contributed by atoms with Crippen LogP contribution in [-0.2, 0) is 17.9 Å². The van der Waals surface area contributed by atoms with Gasteiger partial charge in [0.15, 0.2) is 0 Å². The maximum atomic E-state index is 12.3. The van der Waals surface area contributed by atoms with Gasteiger partial charge in [0.05, 0.1) is 0 Å². The van der Waals surface area contributed by atoms with Gasteiger partial charge in [0.25, 0.3) is 0 Å². The van der Waals surface area contributed by atoms with E-state index < -0.39 is 0 Å². The summed E-state index contributed by atoms with van der Waals surface area (Å²) in [5.41, 5.74) is 2.37. The summed E-state index contributed by atoms with van der Waals surface area (Å²) in [6.07, 6.45) is 4.00. The Kier molecular flexibility index (Phi) is 5.82. The smallest absolute Gasteiger partial charge is 0.348 e. The van der Waals surface area contributed by atoms with Crippen molar-refractivity contribution in [3.8, 4) is 0 Å². The molecule has 1 aliphatic heterocycles. The van der Waals surface area contributed by atoms with Gasteiger partial charge in [0, 0.05) is 48.8 Å². The highest BCUT2D eigenvalue weighted by Gasteiger charge is 2.19. The number of hydrogen-bond donors (Lipinski definition) is 2. The average Bonchev–Trinajstić information content (AvgIpc) is 3.06. The molecular formula is C18H26N6O2.